The Kier molecular flexibility index (Phi) is 3.87. The highest BCUT2D eigenvalue weighted by Crippen LogP contribution is 2.34. The van der Waals surface area contributed by atoms with Crippen molar-refractivity contribution in [2.24, 2.45) is 0 Å². The lowest BCUT2D eigenvalue weighted by molar-refractivity contribution is 0.615. The van der Waals surface area contributed by atoms with Gasteiger partial charge in [-0.15, -0.1) is 0 Å². The van der Waals surface area contributed by atoms with Crippen LogP contribution < -0.4 is 0 Å². The average Bonchev–Trinajstić information content (AvgIpc) is 3.03. The molecule has 24 heavy (non-hydrogen) atoms. The van der Waals surface area contributed by atoms with Crippen molar-refractivity contribution in [3.8, 4) is 22.6 Å². The highest BCUT2D eigenvalue weighted by Gasteiger charge is 2.14. The van der Waals surface area contributed by atoms with Crippen molar-refractivity contribution < 1.29 is 8.81 Å². The van der Waals surface area contributed by atoms with Crippen LogP contribution in [0, 0.1) is 5.82 Å². The zero-order valence-electron chi connectivity index (χ0n) is 12.3. The van der Waals surface area contributed by atoms with Crippen molar-refractivity contribution in [1.82, 2.24) is 4.98 Å². The number of rotatable bonds is 2. The van der Waals surface area contributed by atoms with Crippen molar-refractivity contribution in [3.05, 3.63) is 76.0 Å². The van der Waals surface area contributed by atoms with E-state index in [0.29, 0.717) is 17.0 Å². The maximum atomic E-state index is 13.3. The van der Waals surface area contributed by atoms with Gasteiger partial charge in [0.2, 0.25) is 5.89 Å². The summed E-state index contributed by atoms with van der Waals surface area (Å²) in [5, 5.41) is 0.0406. The quantitative estimate of drug-likeness (QED) is 0.372. The Morgan fingerprint density at radius 3 is 2.46 bits per heavy atom. The van der Waals surface area contributed by atoms with Crippen LogP contribution in [0.15, 0.2) is 69.6 Å². The third kappa shape index (κ3) is 2.72. The van der Waals surface area contributed by atoms with Crippen LogP contribution in [-0.4, -0.2) is 4.98 Å². The van der Waals surface area contributed by atoms with E-state index in [1.807, 2.05) is 42.5 Å². The Morgan fingerprint density at radius 2 is 1.71 bits per heavy atom. The Labute approximate surface area is 151 Å². The summed E-state index contributed by atoms with van der Waals surface area (Å²) in [6.07, 6.45) is 0. The zero-order valence-corrected chi connectivity index (χ0v) is 14.6. The van der Waals surface area contributed by atoms with E-state index < -0.39 is 5.82 Å². The summed E-state index contributed by atoms with van der Waals surface area (Å²) < 4.78 is 20.0. The zero-order chi connectivity index (χ0) is 16.7. The summed E-state index contributed by atoms with van der Waals surface area (Å²) in [5.41, 5.74) is 4.12. The molecule has 0 aliphatic carbocycles. The van der Waals surface area contributed by atoms with E-state index in [2.05, 4.69) is 20.9 Å². The van der Waals surface area contributed by atoms with Gasteiger partial charge in [0.1, 0.15) is 11.3 Å². The molecule has 0 saturated carbocycles. The second-order valence-electron chi connectivity index (χ2n) is 5.32. The topological polar surface area (TPSA) is 26.0 Å². The van der Waals surface area contributed by atoms with E-state index in [1.165, 1.54) is 12.1 Å². The van der Waals surface area contributed by atoms with Crippen LogP contribution in [0.1, 0.15) is 0 Å². The molecule has 0 radical (unpaired) electrons. The van der Waals surface area contributed by atoms with E-state index in [-0.39, 0.29) is 5.02 Å². The Hall–Kier alpha value is -2.17. The molecule has 0 amide bonds. The summed E-state index contributed by atoms with van der Waals surface area (Å²) in [6.45, 7) is 0. The fourth-order valence-corrected chi connectivity index (χ4v) is 3.25. The molecule has 118 valence electrons. The van der Waals surface area contributed by atoms with Crippen molar-refractivity contribution in [1.29, 1.82) is 0 Å². The third-order valence-corrected chi connectivity index (χ3v) is 4.60. The molecule has 0 spiro atoms. The molecule has 0 atom stereocenters. The molecule has 3 aromatic carbocycles. The van der Waals surface area contributed by atoms with Gasteiger partial charge in [0.05, 0.1) is 9.50 Å². The summed E-state index contributed by atoms with van der Waals surface area (Å²) in [7, 11) is 0. The van der Waals surface area contributed by atoms with Crippen molar-refractivity contribution in [2.45, 2.75) is 0 Å². The summed E-state index contributed by atoms with van der Waals surface area (Å²) in [5.74, 6) is -0.0677. The Bertz CT molecular complexity index is 1050. The lowest BCUT2D eigenvalue weighted by Gasteiger charge is -2.02. The van der Waals surface area contributed by atoms with Crippen LogP contribution >= 0.6 is 27.5 Å². The number of oxazole rings is 1. The lowest BCUT2D eigenvalue weighted by Crippen LogP contribution is -1.81. The number of halogens is 3. The maximum absolute atomic E-state index is 13.3. The van der Waals surface area contributed by atoms with Crippen LogP contribution in [0.3, 0.4) is 0 Å². The van der Waals surface area contributed by atoms with Gasteiger partial charge >= 0.3 is 0 Å². The third-order valence-electron chi connectivity index (χ3n) is 3.72. The SMILES string of the molecule is Fc1ccc(-c2nc3cc(-c4ccccc4)cc(Br)c3o2)cc1Cl. The first-order valence-electron chi connectivity index (χ1n) is 7.23. The molecule has 4 rings (SSSR count). The summed E-state index contributed by atoms with van der Waals surface area (Å²) in [4.78, 5) is 4.52. The van der Waals surface area contributed by atoms with Crippen molar-refractivity contribution in [2.75, 3.05) is 0 Å². The second-order valence-corrected chi connectivity index (χ2v) is 6.58. The maximum Gasteiger partial charge on any atom is 0.227 e. The van der Waals surface area contributed by atoms with Crippen molar-refractivity contribution >= 4 is 38.6 Å². The molecule has 0 N–H and O–H groups in total. The monoisotopic (exact) mass is 401 g/mol. The van der Waals surface area contributed by atoms with E-state index in [4.69, 9.17) is 16.0 Å². The molecule has 4 aromatic rings. The molecule has 5 heteroatoms. The van der Waals surface area contributed by atoms with E-state index >= 15 is 0 Å². The molecule has 0 bridgehead atoms. The minimum absolute atomic E-state index is 0.0406. The largest absolute Gasteiger partial charge is 0.435 e. The number of benzene rings is 3. The number of nitrogens with zero attached hydrogens (tertiary/aromatic N) is 1. The lowest BCUT2D eigenvalue weighted by atomic mass is 10.1. The van der Waals surface area contributed by atoms with E-state index in [9.17, 15) is 4.39 Å². The molecule has 1 aromatic heterocycles. The molecular weight excluding hydrogens is 393 g/mol. The van der Waals surface area contributed by atoms with E-state index in [0.717, 1.165) is 21.1 Å². The smallest absolute Gasteiger partial charge is 0.227 e. The van der Waals surface area contributed by atoms with Gasteiger partial charge in [-0.05, 0) is 57.4 Å². The van der Waals surface area contributed by atoms with Crippen LogP contribution in [0.4, 0.5) is 4.39 Å². The minimum atomic E-state index is -0.468. The average molecular weight is 403 g/mol. The first-order chi connectivity index (χ1) is 11.6. The van der Waals surface area contributed by atoms with Gasteiger partial charge in [0.25, 0.3) is 0 Å². The second kappa shape index (κ2) is 6.04. The number of hydrogen-bond acceptors (Lipinski definition) is 2. The van der Waals surface area contributed by atoms with E-state index in [1.54, 1.807) is 6.07 Å². The van der Waals surface area contributed by atoms with Gasteiger partial charge < -0.3 is 4.42 Å². The molecule has 1 heterocycles. The predicted molar refractivity (Wildman–Crippen MR) is 97.5 cm³/mol. The van der Waals surface area contributed by atoms with Gasteiger partial charge in [-0.1, -0.05) is 41.9 Å². The van der Waals surface area contributed by atoms with Crippen LogP contribution in [0.5, 0.6) is 0 Å². The Morgan fingerprint density at radius 1 is 0.917 bits per heavy atom. The first kappa shape index (κ1) is 15.4. The van der Waals surface area contributed by atoms with Gasteiger partial charge in [0, 0.05) is 5.56 Å². The Balaban J connectivity index is 1.86. The molecule has 0 aliphatic heterocycles. The minimum Gasteiger partial charge on any atom is -0.435 e. The van der Waals surface area contributed by atoms with Crippen LogP contribution in [-0.2, 0) is 0 Å². The normalized spacial score (nSPS) is 11.1. The fraction of sp³-hybridized carbons (Fsp3) is 0. The summed E-state index contributed by atoms with van der Waals surface area (Å²) in [6, 6.07) is 18.4. The fourth-order valence-electron chi connectivity index (χ4n) is 2.54. The predicted octanol–water partition coefficient (Wildman–Crippen LogP) is 6.72. The van der Waals surface area contributed by atoms with Crippen LogP contribution in [0.2, 0.25) is 5.02 Å². The first-order valence-corrected chi connectivity index (χ1v) is 8.40. The standard InChI is InChI=1S/C19H10BrClFNO/c20-14-8-13(11-4-2-1-3-5-11)10-17-18(14)24-19(23-17)12-6-7-16(22)15(21)9-12/h1-10H. The number of hydrogen-bond donors (Lipinski definition) is 0. The highest BCUT2D eigenvalue weighted by molar-refractivity contribution is 9.10. The van der Waals surface area contributed by atoms with Gasteiger partial charge in [-0.3, -0.25) is 0 Å². The van der Waals surface area contributed by atoms with Gasteiger partial charge in [-0.25, -0.2) is 9.37 Å². The molecule has 0 unspecified atom stereocenters. The number of fused-ring (bicyclic) bond motifs is 1. The van der Waals surface area contributed by atoms with Crippen molar-refractivity contribution in [3.63, 3.8) is 0 Å². The molecule has 0 saturated heterocycles. The van der Waals surface area contributed by atoms with Gasteiger partial charge in [-0.2, -0.15) is 0 Å². The highest BCUT2D eigenvalue weighted by atomic mass is 79.9. The molecule has 2 nitrogen and oxygen atoms in total. The molecule has 0 aliphatic rings. The van der Waals surface area contributed by atoms with Gasteiger partial charge in [0.15, 0.2) is 5.58 Å². The summed E-state index contributed by atoms with van der Waals surface area (Å²) >= 11 is 9.38. The van der Waals surface area contributed by atoms with Crippen LogP contribution in [0.25, 0.3) is 33.7 Å². The molecule has 0 fully saturated rings. The molecular formula is C19H10BrClFNO. The number of aromatic nitrogens is 1.